The van der Waals surface area contributed by atoms with Crippen molar-refractivity contribution in [2.45, 2.75) is 6.18 Å². The van der Waals surface area contributed by atoms with Crippen LogP contribution in [0.2, 0.25) is 5.02 Å². The van der Waals surface area contributed by atoms with Gasteiger partial charge in [-0.3, -0.25) is 4.79 Å². The first-order chi connectivity index (χ1) is 12.3. The van der Waals surface area contributed by atoms with E-state index in [0.29, 0.717) is 4.68 Å². The minimum atomic E-state index is -4.83. The van der Waals surface area contributed by atoms with Gasteiger partial charge < -0.3 is 4.90 Å². The normalized spacial score (nSPS) is 11.4. The third-order valence-corrected chi connectivity index (χ3v) is 3.68. The van der Waals surface area contributed by atoms with Crippen molar-refractivity contribution in [3.05, 3.63) is 59.3 Å². The zero-order valence-electron chi connectivity index (χ0n) is 13.1. The van der Waals surface area contributed by atoms with Crippen LogP contribution in [0.25, 0.3) is 5.82 Å². The van der Waals surface area contributed by atoms with Crippen molar-refractivity contribution in [1.82, 2.24) is 25.0 Å². The highest BCUT2D eigenvalue weighted by molar-refractivity contribution is 6.30. The fourth-order valence-electron chi connectivity index (χ4n) is 2.22. The summed E-state index contributed by atoms with van der Waals surface area (Å²) in [5.41, 5.74) is -1.56. The van der Waals surface area contributed by atoms with Crippen LogP contribution >= 0.6 is 11.6 Å². The van der Waals surface area contributed by atoms with Crippen LogP contribution in [-0.4, -0.2) is 37.9 Å². The van der Waals surface area contributed by atoms with E-state index in [1.807, 2.05) is 0 Å². The molecule has 0 saturated heterocycles. The molecule has 0 unspecified atom stereocenters. The monoisotopic (exact) mass is 382 g/mol. The van der Waals surface area contributed by atoms with Crippen LogP contribution in [0.4, 0.5) is 18.9 Å². The second kappa shape index (κ2) is 6.71. The minimum Gasteiger partial charge on any atom is -0.310 e. The predicted molar refractivity (Wildman–Crippen MR) is 86.1 cm³/mol. The lowest BCUT2D eigenvalue weighted by atomic mass is 10.2. The molecule has 3 heterocycles. The fourth-order valence-corrected chi connectivity index (χ4v) is 2.34. The van der Waals surface area contributed by atoms with Crippen LogP contribution in [0.15, 0.2) is 43.0 Å². The Balaban J connectivity index is 2.08. The molecule has 0 aliphatic carbocycles. The maximum Gasteiger partial charge on any atom is 0.434 e. The first-order valence-corrected chi connectivity index (χ1v) is 7.48. The molecule has 0 atom stereocenters. The van der Waals surface area contributed by atoms with Gasteiger partial charge in [-0.1, -0.05) is 11.6 Å². The number of anilines is 1. The van der Waals surface area contributed by atoms with Gasteiger partial charge in [0.15, 0.2) is 11.5 Å². The molecule has 0 fully saturated rings. The highest BCUT2D eigenvalue weighted by Gasteiger charge is 2.41. The topological polar surface area (TPSA) is 76.8 Å². The van der Waals surface area contributed by atoms with Gasteiger partial charge in [0.1, 0.15) is 0 Å². The highest BCUT2D eigenvalue weighted by atomic mass is 35.5. The first kappa shape index (κ1) is 17.8. The third-order valence-electron chi connectivity index (χ3n) is 3.46. The number of rotatable bonds is 3. The Morgan fingerprint density at radius 3 is 2.50 bits per heavy atom. The average molecular weight is 383 g/mol. The van der Waals surface area contributed by atoms with Crippen LogP contribution in [-0.2, 0) is 6.18 Å². The van der Waals surface area contributed by atoms with Crippen molar-refractivity contribution >= 4 is 23.2 Å². The smallest absolute Gasteiger partial charge is 0.310 e. The molecule has 3 rings (SSSR count). The molecule has 3 aromatic heterocycles. The number of hydrogen-bond donors (Lipinski definition) is 0. The lowest BCUT2D eigenvalue weighted by molar-refractivity contribution is -0.143. The second-order valence-corrected chi connectivity index (χ2v) is 5.55. The number of carbonyl (C=O) groups excluding carboxylic acids is 1. The Morgan fingerprint density at radius 1 is 1.15 bits per heavy atom. The standard InChI is InChI=1S/C15H10ClF3N6O/c1-24(10-4-5-21-22-7-10)14(26)11-8-23-25(13(11)15(17,18)19)12-3-2-9(16)6-20-12/h2-8H,1H3. The van der Waals surface area contributed by atoms with Gasteiger partial charge in [-0.05, 0) is 18.2 Å². The molecule has 0 saturated carbocycles. The minimum absolute atomic E-state index is 0.117. The maximum atomic E-state index is 13.6. The summed E-state index contributed by atoms with van der Waals surface area (Å²) in [5, 5.41) is 11.1. The Bertz CT molecular complexity index is 927. The van der Waals surface area contributed by atoms with Crippen molar-refractivity contribution < 1.29 is 18.0 Å². The molecule has 26 heavy (non-hydrogen) atoms. The van der Waals surface area contributed by atoms with E-state index in [9.17, 15) is 18.0 Å². The molecule has 7 nitrogen and oxygen atoms in total. The summed E-state index contributed by atoms with van der Waals surface area (Å²) >= 11 is 5.71. The number of pyridine rings is 1. The zero-order valence-corrected chi connectivity index (χ0v) is 13.9. The van der Waals surface area contributed by atoms with Gasteiger partial charge in [-0.15, -0.1) is 0 Å². The van der Waals surface area contributed by atoms with E-state index in [-0.39, 0.29) is 16.5 Å². The largest absolute Gasteiger partial charge is 0.434 e. The number of carbonyl (C=O) groups is 1. The van der Waals surface area contributed by atoms with Crippen molar-refractivity contribution in [1.29, 1.82) is 0 Å². The van der Waals surface area contributed by atoms with E-state index in [2.05, 4.69) is 20.3 Å². The van der Waals surface area contributed by atoms with Crippen molar-refractivity contribution in [3.8, 4) is 5.82 Å². The first-order valence-electron chi connectivity index (χ1n) is 7.11. The highest BCUT2D eigenvalue weighted by Crippen LogP contribution is 2.34. The summed E-state index contributed by atoms with van der Waals surface area (Å²) < 4.78 is 41.4. The van der Waals surface area contributed by atoms with Crippen molar-refractivity contribution in [3.63, 3.8) is 0 Å². The molecule has 11 heteroatoms. The van der Waals surface area contributed by atoms with E-state index in [4.69, 9.17) is 11.6 Å². The summed E-state index contributed by atoms with van der Waals surface area (Å²) in [6.45, 7) is 0. The Kier molecular flexibility index (Phi) is 4.60. The lowest BCUT2D eigenvalue weighted by Gasteiger charge is -2.18. The number of hydrogen-bond acceptors (Lipinski definition) is 5. The summed E-state index contributed by atoms with van der Waals surface area (Å²) in [5.74, 6) is -1.01. The average Bonchev–Trinajstić information content (AvgIpc) is 3.07. The lowest BCUT2D eigenvalue weighted by Crippen LogP contribution is -2.29. The van der Waals surface area contributed by atoms with Crippen molar-refractivity contribution in [2.24, 2.45) is 0 Å². The molecule has 0 spiro atoms. The van der Waals surface area contributed by atoms with Crippen LogP contribution in [0.1, 0.15) is 16.1 Å². The van der Waals surface area contributed by atoms with E-state index in [1.165, 1.54) is 43.8 Å². The molecule has 0 aliphatic rings. The Morgan fingerprint density at radius 2 is 1.92 bits per heavy atom. The van der Waals surface area contributed by atoms with E-state index < -0.39 is 23.3 Å². The summed E-state index contributed by atoms with van der Waals surface area (Å²) in [6.07, 6.45) is -0.205. The third kappa shape index (κ3) is 3.36. The molecule has 0 bridgehead atoms. The van der Waals surface area contributed by atoms with Crippen molar-refractivity contribution in [2.75, 3.05) is 11.9 Å². The molecule has 0 radical (unpaired) electrons. The predicted octanol–water partition coefficient (Wildman–Crippen LogP) is 3.01. The van der Waals surface area contributed by atoms with Gasteiger partial charge >= 0.3 is 6.18 Å². The van der Waals surface area contributed by atoms with E-state index >= 15 is 0 Å². The van der Waals surface area contributed by atoms with Gasteiger partial charge in [0, 0.05) is 13.2 Å². The van der Waals surface area contributed by atoms with E-state index in [1.54, 1.807) is 0 Å². The van der Waals surface area contributed by atoms with Crippen LogP contribution in [0.3, 0.4) is 0 Å². The molecule has 0 aromatic carbocycles. The van der Waals surface area contributed by atoms with Gasteiger partial charge in [-0.25, -0.2) is 9.67 Å². The number of nitrogens with zero attached hydrogens (tertiary/aromatic N) is 6. The number of aromatic nitrogens is 5. The molecule has 0 N–H and O–H groups in total. The summed E-state index contributed by atoms with van der Waals surface area (Å²) in [6, 6.07) is 4.10. The van der Waals surface area contributed by atoms with Gasteiger partial charge in [0.25, 0.3) is 5.91 Å². The maximum absolute atomic E-state index is 13.6. The molecule has 3 aromatic rings. The number of amides is 1. The molecular weight excluding hydrogens is 373 g/mol. The zero-order chi connectivity index (χ0) is 18.9. The van der Waals surface area contributed by atoms with Gasteiger partial charge in [-0.2, -0.15) is 28.5 Å². The summed E-state index contributed by atoms with van der Waals surface area (Å²) in [4.78, 5) is 17.4. The molecular formula is C15H10ClF3N6O. The van der Waals surface area contributed by atoms with Crippen LogP contribution in [0.5, 0.6) is 0 Å². The SMILES string of the molecule is CN(C(=O)c1cnn(-c2ccc(Cl)cn2)c1C(F)(F)F)c1ccnnc1. The van der Waals surface area contributed by atoms with Crippen LogP contribution in [0, 0.1) is 0 Å². The second-order valence-electron chi connectivity index (χ2n) is 5.12. The van der Waals surface area contributed by atoms with E-state index in [0.717, 1.165) is 11.1 Å². The number of halogens is 4. The Labute approximate surface area is 150 Å². The van der Waals surface area contributed by atoms with Gasteiger partial charge in [0.2, 0.25) is 0 Å². The molecule has 134 valence electrons. The van der Waals surface area contributed by atoms with Crippen LogP contribution < -0.4 is 4.90 Å². The van der Waals surface area contributed by atoms with Gasteiger partial charge in [0.05, 0.1) is 34.9 Å². The quantitative estimate of drug-likeness (QED) is 0.696. The molecule has 0 aliphatic heterocycles. The number of alkyl halides is 3. The summed E-state index contributed by atoms with van der Waals surface area (Å²) in [7, 11) is 1.33. The molecule has 1 amide bonds. The fraction of sp³-hybridized carbons (Fsp3) is 0.133. The Hall–Kier alpha value is -3.01.